The van der Waals surface area contributed by atoms with Gasteiger partial charge in [0.25, 0.3) is 5.56 Å². The Kier molecular flexibility index (Phi) is 6.34. The Morgan fingerprint density at radius 1 is 1.24 bits per heavy atom. The van der Waals surface area contributed by atoms with Gasteiger partial charge in [-0.2, -0.15) is 0 Å². The number of rotatable bonds is 5. The summed E-state index contributed by atoms with van der Waals surface area (Å²) in [6.45, 7) is 8.56. The number of benzene rings is 1. The van der Waals surface area contributed by atoms with E-state index < -0.39 is 11.9 Å². The first-order valence-corrected chi connectivity index (χ1v) is 11.9. The molecule has 1 aromatic carbocycles. The third-order valence-electron chi connectivity index (χ3n) is 6.14. The van der Waals surface area contributed by atoms with Crippen molar-refractivity contribution in [1.29, 1.82) is 0 Å². The number of anilines is 1. The van der Waals surface area contributed by atoms with Crippen LogP contribution in [-0.2, 0) is 28.9 Å². The van der Waals surface area contributed by atoms with Crippen molar-refractivity contribution >= 4 is 39.1 Å². The summed E-state index contributed by atoms with van der Waals surface area (Å²) in [5, 5.41) is 11.6. The van der Waals surface area contributed by atoms with Gasteiger partial charge in [-0.3, -0.25) is 9.59 Å². The summed E-state index contributed by atoms with van der Waals surface area (Å²) in [5.74, 6) is -0.251. The Hall–Kier alpha value is -3.07. The zero-order valence-corrected chi connectivity index (χ0v) is 20.1. The van der Waals surface area contributed by atoms with Crippen molar-refractivity contribution < 1.29 is 14.3 Å². The number of amides is 1. The summed E-state index contributed by atoms with van der Waals surface area (Å²) in [6, 6.07) is 6.38. The van der Waals surface area contributed by atoms with Crippen LogP contribution in [0.4, 0.5) is 5.69 Å². The SMILES string of the molecule is CCOC(=O)c1ccc(NC(=O)Cn2nnc3sc4c(c3c2=O)CCC(C(C)(C)C)C4)cc1. The van der Waals surface area contributed by atoms with Crippen molar-refractivity contribution in [1.82, 2.24) is 15.0 Å². The molecule has 8 nitrogen and oxygen atoms in total. The minimum Gasteiger partial charge on any atom is -0.462 e. The van der Waals surface area contributed by atoms with Crippen LogP contribution in [0.1, 0.15) is 54.9 Å². The average Bonchev–Trinajstić information content (AvgIpc) is 3.14. The number of carbonyl (C=O) groups is 2. The molecule has 2 aromatic heterocycles. The number of aromatic nitrogens is 3. The Bertz CT molecular complexity index is 1250. The standard InChI is InChI=1S/C24H28N4O4S/c1-5-32-23(31)14-6-9-16(10-7-14)25-19(29)13-28-22(30)20-17-11-8-15(24(2,3)4)12-18(17)33-21(20)26-27-28/h6-7,9-10,15H,5,8,11-13H2,1-4H3,(H,25,29). The van der Waals surface area contributed by atoms with E-state index in [1.807, 2.05) is 0 Å². The molecule has 1 unspecified atom stereocenters. The van der Waals surface area contributed by atoms with Gasteiger partial charge in [0.1, 0.15) is 6.54 Å². The zero-order valence-electron chi connectivity index (χ0n) is 19.3. The summed E-state index contributed by atoms with van der Waals surface area (Å²) >= 11 is 1.55. The van der Waals surface area contributed by atoms with Crippen LogP contribution < -0.4 is 10.9 Å². The summed E-state index contributed by atoms with van der Waals surface area (Å²) < 4.78 is 6.07. The Labute approximate surface area is 196 Å². The normalized spacial score (nSPS) is 15.8. The molecular weight excluding hydrogens is 440 g/mol. The largest absolute Gasteiger partial charge is 0.462 e. The van der Waals surface area contributed by atoms with Gasteiger partial charge in [0.05, 0.1) is 17.6 Å². The number of hydrogen-bond donors (Lipinski definition) is 1. The average molecular weight is 469 g/mol. The van der Waals surface area contributed by atoms with Gasteiger partial charge in [-0.25, -0.2) is 9.48 Å². The second-order valence-electron chi connectivity index (χ2n) is 9.39. The predicted octanol–water partition coefficient (Wildman–Crippen LogP) is 3.82. The van der Waals surface area contributed by atoms with Crippen molar-refractivity contribution in [2.75, 3.05) is 11.9 Å². The van der Waals surface area contributed by atoms with E-state index in [2.05, 4.69) is 36.4 Å². The summed E-state index contributed by atoms with van der Waals surface area (Å²) in [5.41, 5.74) is 1.92. The van der Waals surface area contributed by atoms with E-state index in [-0.39, 0.29) is 17.5 Å². The van der Waals surface area contributed by atoms with Crippen molar-refractivity contribution in [3.63, 3.8) is 0 Å². The first-order chi connectivity index (χ1) is 15.7. The first-order valence-electron chi connectivity index (χ1n) is 11.1. The van der Waals surface area contributed by atoms with Crippen LogP contribution in [0.5, 0.6) is 0 Å². The fourth-order valence-corrected chi connectivity index (χ4v) is 5.45. The lowest BCUT2D eigenvalue weighted by atomic mass is 9.72. The van der Waals surface area contributed by atoms with Crippen LogP contribution in [0, 0.1) is 11.3 Å². The van der Waals surface area contributed by atoms with Crippen LogP contribution in [0.15, 0.2) is 29.1 Å². The molecule has 3 aromatic rings. The van der Waals surface area contributed by atoms with Gasteiger partial charge in [0.2, 0.25) is 5.91 Å². The highest BCUT2D eigenvalue weighted by molar-refractivity contribution is 7.18. The Balaban J connectivity index is 1.50. The summed E-state index contributed by atoms with van der Waals surface area (Å²) in [6.07, 6.45) is 2.82. The van der Waals surface area contributed by atoms with Gasteiger partial charge in [0, 0.05) is 10.6 Å². The molecule has 0 fully saturated rings. The third kappa shape index (κ3) is 4.83. The molecule has 4 rings (SSSR count). The minimum atomic E-state index is -0.418. The van der Waals surface area contributed by atoms with Crippen LogP contribution in [0.3, 0.4) is 0 Å². The quantitative estimate of drug-likeness (QED) is 0.571. The van der Waals surface area contributed by atoms with Crippen LogP contribution in [0.2, 0.25) is 0 Å². The van der Waals surface area contributed by atoms with Crippen molar-refractivity contribution in [2.45, 2.75) is 53.5 Å². The van der Waals surface area contributed by atoms with Gasteiger partial charge in [0.15, 0.2) is 4.83 Å². The van der Waals surface area contributed by atoms with Crippen LogP contribution in [0.25, 0.3) is 10.2 Å². The molecule has 0 saturated heterocycles. The summed E-state index contributed by atoms with van der Waals surface area (Å²) in [4.78, 5) is 39.3. The van der Waals surface area contributed by atoms with Crippen molar-refractivity contribution in [3.05, 3.63) is 50.6 Å². The topological polar surface area (TPSA) is 103 Å². The molecule has 1 amide bonds. The van der Waals surface area contributed by atoms with Gasteiger partial charge >= 0.3 is 5.97 Å². The van der Waals surface area contributed by atoms with E-state index in [1.165, 1.54) is 4.88 Å². The van der Waals surface area contributed by atoms with E-state index >= 15 is 0 Å². The monoisotopic (exact) mass is 468 g/mol. The second kappa shape index (κ2) is 9.05. The van der Waals surface area contributed by atoms with E-state index in [0.29, 0.717) is 34.0 Å². The van der Waals surface area contributed by atoms with Gasteiger partial charge < -0.3 is 10.1 Å². The highest BCUT2D eigenvalue weighted by Gasteiger charge is 2.32. The molecule has 1 aliphatic carbocycles. The van der Waals surface area contributed by atoms with E-state index in [0.717, 1.165) is 29.5 Å². The molecule has 0 saturated carbocycles. The molecule has 33 heavy (non-hydrogen) atoms. The predicted molar refractivity (Wildman–Crippen MR) is 128 cm³/mol. The molecule has 2 heterocycles. The second-order valence-corrected chi connectivity index (χ2v) is 10.5. The van der Waals surface area contributed by atoms with Gasteiger partial charge in [-0.15, -0.1) is 16.4 Å². The molecule has 1 N–H and O–H groups in total. The maximum atomic E-state index is 13.1. The molecule has 0 spiro atoms. The summed E-state index contributed by atoms with van der Waals surface area (Å²) in [7, 11) is 0. The fourth-order valence-electron chi connectivity index (χ4n) is 4.21. The Morgan fingerprint density at radius 2 is 1.97 bits per heavy atom. The number of nitrogens with one attached hydrogen (secondary N) is 1. The number of esters is 1. The number of hydrogen-bond acceptors (Lipinski definition) is 7. The van der Waals surface area contributed by atoms with Crippen LogP contribution >= 0.6 is 11.3 Å². The number of nitrogens with zero attached hydrogens (tertiary/aromatic N) is 3. The lowest BCUT2D eigenvalue weighted by Crippen LogP contribution is -2.31. The smallest absolute Gasteiger partial charge is 0.338 e. The number of aryl methyl sites for hydroxylation is 1. The zero-order chi connectivity index (χ0) is 23.8. The number of ether oxygens (including phenoxy) is 1. The maximum absolute atomic E-state index is 13.1. The molecule has 0 aliphatic heterocycles. The van der Waals surface area contributed by atoms with E-state index in [1.54, 1.807) is 42.5 Å². The molecule has 9 heteroatoms. The van der Waals surface area contributed by atoms with E-state index in [9.17, 15) is 14.4 Å². The number of fused-ring (bicyclic) bond motifs is 3. The maximum Gasteiger partial charge on any atom is 0.338 e. The Morgan fingerprint density at radius 3 is 2.64 bits per heavy atom. The van der Waals surface area contributed by atoms with Gasteiger partial charge in [-0.1, -0.05) is 26.0 Å². The highest BCUT2D eigenvalue weighted by Crippen LogP contribution is 2.41. The van der Waals surface area contributed by atoms with Crippen molar-refractivity contribution in [2.24, 2.45) is 11.3 Å². The first kappa shape index (κ1) is 23.1. The molecule has 1 aliphatic rings. The van der Waals surface area contributed by atoms with Crippen molar-refractivity contribution in [3.8, 4) is 0 Å². The lowest BCUT2D eigenvalue weighted by Gasteiger charge is -2.33. The minimum absolute atomic E-state index is 0.215. The number of thiophene rings is 1. The molecule has 174 valence electrons. The molecule has 0 radical (unpaired) electrons. The lowest BCUT2D eigenvalue weighted by molar-refractivity contribution is -0.117. The molecular formula is C24H28N4O4S. The van der Waals surface area contributed by atoms with Gasteiger partial charge in [-0.05, 0) is 67.3 Å². The molecule has 1 atom stereocenters. The highest BCUT2D eigenvalue weighted by atomic mass is 32.1. The number of carbonyl (C=O) groups excluding carboxylic acids is 2. The van der Waals surface area contributed by atoms with Crippen LogP contribution in [-0.4, -0.2) is 33.5 Å². The molecule has 0 bridgehead atoms. The third-order valence-corrected chi connectivity index (χ3v) is 7.28. The van der Waals surface area contributed by atoms with E-state index in [4.69, 9.17) is 4.74 Å². The fraction of sp³-hybridized carbons (Fsp3) is 0.458.